The Morgan fingerprint density at radius 2 is 2.00 bits per heavy atom. The highest BCUT2D eigenvalue weighted by Crippen LogP contribution is 2.41. The summed E-state index contributed by atoms with van der Waals surface area (Å²) in [6.07, 6.45) is 0. The normalized spacial score (nSPS) is 21.8. The lowest BCUT2D eigenvalue weighted by molar-refractivity contribution is -0.173. The zero-order chi connectivity index (χ0) is 12.0. The first-order valence-corrected chi connectivity index (χ1v) is 5.05. The van der Waals surface area contributed by atoms with Crippen LogP contribution < -0.4 is 9.47 Å². The Balaban J connectivity index is 2.01. The van der Waals surface area contributed by atoms with Crippen LogP contribution in [0, 0.1) is 6.92 Å². The van der Waals surface area contributed by atoms with E-state index in [1.165, 1.54) is 6.92 Å². The van der Waals surface area contributed by atoms with E-state index in [0.717, 1.165) is 0 Å². The molecule has 2 heterocycles. The van der Waals surface area contributed by atoms with Crippen LogP contribution in [0.1, 0.15) is 12.8 Å². The van der Waals surface area contributed by atoms with Crippen molar-refractivity contribution < 1.29 is 18.4 Å². The summed E-state index contributed by atoms with van der Waals surface area (Å²) < 4.78 is 28.2. The zero-order valence-electron chi connectivity index (χ0n) is 9.23. The molecule has 0 spiro atoms. The Morgan fingerprint density at radius 1 is 1.24 bits per heavy atom. The predicted molar refractivity (Wildman–Crippen MR) is 55.2 cm³/mol. The molecule has 1 unspecified atom stereocenters. The Labute approximate surface area is 96.2 Å². The maximum Gasteiger partial charge on any atom is 0.404 e. The molecule has 17 heavy (non-hydrogen) atoms. The van der Waals surface area contributed by atoms with Crippen LogP contribution in [0.2, 0.25) is 0 Å². The Bertz CT molecular complexity index is 580. The number of fused-ring (bicyclic) bond motifs is 1. The lowest BCUT2D eigenvalue weighted by atomic mass is 10.2. The summed E-state index contributed by atoms with van der Waals surface area (Å²) in [5.41, 5.74) is 0.682. The van der Waals surface area contributed by atoms with Crippen molar-refractivity contribution in [3.05, 3.63) is 24.1 Å². The van der Waals surface area contributed by atoms with Crippen LogP contribution in [0.25, 0.3) is 11.4 Å². The molecule has 1 aromatic heterocycles. The number of rotatable bonds is 1. The molecule has 5 nitrogen and oxygen atoms in total. The van der Waals surface area contributed by atoms with Gasteiger partial charge in [-0.2, -0.15) is 9.37 Å². The number of aromatic nitrogens is 2. The van der Waals surface area contributed by atoms with Crippen LogP contribution in [0.4, 0.5) is 4.39 Å². The third-order valence-corrected chi connectivity index (χ3v) is 2.31. The van der Waals surface area contributed by atoms with Crippen LogP contribution in [-0.4, -0.2) is 16.2 Å². The first kappa shape index (κ1) is 10.1. The number of benzene rings is 1. The summed E-state index contributed by atoms with van der Waals surface area (Å²) in [5.74, 6) is 1.59. The number of halogens is 1. The number of aryl methyl sites for hydroxylation is 1. The van der Waals surface area contributed by atoms with E-state index < -0.39 is 6.04 Å². The molecule has 0 aliphatic carbocycles. The molecule has 1 aliphatic rings. The standard InChI is InChI=1S/C11H9FN2O3/c1-6-13-10(14-17-6)7-3-4-8-9(5-7)16-11(2,12)15-8/h3-5H,1-2H3. The van der Waals surface area contributed by atoms with Gasteiger partial charge in [-0.15, -0.1) is 0 Å². The molecule has 0 radical (unpaired) electrons. The molecular weight excluding hydrogens is 227 g/mol. The third-order valence-electron chi connectivity index (χ3n) is 2.31. The fourth-order valence-electron chi connectivity index (χ4n) is 1.64. The minimum Gasteiger partial charge on any atom is -0.423 e. The second-order valence-electron chi connectivity index (χ2n) is 3.84. The fraction of sp³-hybridized carbons (Fsp3) is 0.273. The highest BCUT2D eigenvalue weighted by molar-refractivity contribution is 5.61. The molecule has 88 valence electrons. The van der Waals surface area contributed by atoms with Crippen molar-refractivity contribution in [1.82, 2.24) is 10.1 Å². The van der Waals surface area contributed by atoms with E-state index in [9.17, 15) is 4.39 Å². The van der Waals surface area contributed by atoms with Crippen LogP contribution in [0.3, 0.4) is 0 Å². The minimum absolute atomic E-state index is 0.329. The van der Waals surface area contributed by atoms with Crippen LogP contribution in [0.5, 0.6) is 11.5 Å². The maximum atomic E-state index is 13.4. The van der Waals surface area contributed by atoms with Gasteiger partial charge in [-0.3, -0.25) is 0 Å². The van der Waals surface area contributed by atoms with E-state index in [1.807, 2.05) is 0 Å². The average molecular weight is 236 g/mol. The summed E-state index contributed by atoms with van der Waals surface area (Å²) in [6.45, 7) is 2.90. The fourth-order valence-corrected chi connectivity index (χ4v) is 1.64. The molecule has 1 atom stereocenters. The molecule has 0 saturated carbocycles. The summed E-state index contributed by atoms with van der Waals surface area (Å²) in [6, 6.07) is 2.83. The summed E-state index contributed by atoms with van der Waals surface area (Å²) >= 11 is 0. The van der Waals surface area contributed by atoms with Gasteiger partial charge in [0, 0.05) is 19.4 Å². The average Bonchev–Trinajstić information content (AvgIpc) is 2.78. The summed E-state index contributed by atoms with van der Waals surface area (Å²) in [5, 5.41) is 3.77. The van der Waals surface area contributed by atoms with E-state index in [1.54, 1.807) is 25.1 Å². The van der Waals surface area contributed by atoms with Gasteiger partial charge < -0.3 is 14.0 Å². The molecule has 0 bridgehead atoms. The first-order chi connectivity index (χ1) is 8.03. The Hall–Kier alpha value is -2.11. The van der Waals surface area contributed by atoms with Crippen molar-refractivity contribution in [2.75, 3.05) is 0 Å². The molecule has 0 N–H and O–H groups in total. The van der Waals surface area contributed by atoms with Gasteiger partial charge in [-0.05, 0) is 18.2 Å². The second-order valence-corrected chi connectivity index (χ2v) is 3.84. The molecule has 0 amide bonds. The minimum atomic E-state index is -2.12. The Morgan fingerprint density at radius 3 is 2.71 bits per heavy atom. The summed E-state index contributed by atoms with van der Waals surface area (Å²) in [4.78, 5) is 4.07. The van der Waals surface area contributed by atoms with Crippen molar-refractivity contribution in [3.63, 3.8) is 0 Å². The van der Waals surface area contributed by atoms with E-state index in [2.05, 4.69) is 10.1 Å². The van der Waals surface area contributed by atoms with Crippen molar-refractivity contribution in [2.24, 2.45) is 0 Å². The van der Waals surface area contributed by atoms with Crippen molar-refractivity contribution in [3.8, 4) is 22.9 Å². The molecular formula is C11H9FN2O3. The SMILES string of the molecule is Cc1nc(-c2ccc3c(c2)OC(C)(F)O3)no1. The lowest BCUT2D eigenvalue weighted by Crippen LogP contribution is -2.27. The van der Waals surface area contributed by atoms with Crippen LogP contribution in [0.15, 0.2) is 22.7 Å². The number of hydrogen-bond donors (Lipinski definition) is 0. The summed E-state index contributed by atoms with van der Waals surface area (Å²) in [7, 11) is 0. The van der Waals surface area contributed by atoms with E-state index in [0.29, 0.717) is 28.8 Å². The highest BCUT2D eigenvalue weighted by Gasteiger charge is 2.36. The van der Waals surface area contributed by atoms with E-state index in [-0.39, 0.29) is 0 Å². The monoisotopic (exact) mass is 236 g/mol. The smallest absolute Gasteiger partial charge is 0.404 e. The van der Waals surface area contributed by atoms with Gasteiger partial charge in [0.1, 0.15) is 0 Å². The highest BCUT2D eigenvalue weighted by atomic mass is 19.2. The quantitative estimate of drug-likeness (QED) is 0.761. The second kappa shape index (κ2) is 3.19. The molecule has 1 aliphatic heterocycles. The molecule has 6 heteroatoms. The van der Waals surface area contributed by atoms with Crippen molar-refractivity contribution in [1.29, 1.82) is 0 Å². The largest absolute Gasteiger partial charge is 0.423 e. The lowest BCUT2D eigenvalue weighted by Gasteiger charge is -2.10. The van der Waals surface area contributed by atoms with E-state index >= 15 is 0 Å². The van der Waals surface area contributed by atoms with Gasteiger partial charge in [-0.1, -0.05) is 5.16 Å². The molecule has 3 rings (SSSR count). The van der Waals surface area contributed by atoms with Gasteiger partial charge in [0.25, 0.3) is 0 Å². The molecule has 0 fully saturated rings. The topological polar surface area (TPSA) is 57.4 Å². The Kier molecular flexibility index (Phi) is 1.89. The number of nitrogens with zero attached hydrogens (tertiary/aromatic N) is 2. The number of hydrogen-bond acceptors (Lipinski definition) is 5. The van der Waals surface area contributed by atoms with Crippen molar-refractivity contribution in [2.45, 2.75) is 19.9 Å². The third kappa shape index (κ3) is 1.71. The first-order valence-electron chi connectivity index (χ1n) is 5.05. The zero-order valence-corrected chi connectivity index (χ0v) is 9.23. The predicted octanol–water partition coefficient (Wildman–Crippen LogP) is 2.46. The van der Waals surface area contributed by atoms with Crippen molar-refractivity contribution >= 4 is 0 Å². The van der Waals surface area contributed by atoms with Gasteiger partial charge in [0.05, 0.1) is 0 Å². The van der Waals surface area contributed by atoms with Gasteiger partial charge >= 0.3 is 6.04 Å². The van der Waals surface area contributed by atoms with Gasteiger partial charge in [-0.25, -0.2) is 0 Å². The van der Waals surface area contributed by atoms with Gasteiger partial charge in [0.2, 0.25) is 11.7 Å². The molecule has 1 aromatic carbocycles. The van der Waals surface area contributed by atoms with Crippen LogP contribution in [-0.2, 0) is 0 Å². The molecule has 2 aromatic rings. The van der Waals surface area contributed by atoms with E-state index in [4.69, 9.17) is 14.0 Å². The number of ether oxygens (including phenoxy) is 2. The van der Waals surface area contributed by atoms with Gasteiger partial charge in [0.15, 0.2) is 11.5 Å². The molecule has 0 saturated heterocycles. The van der Waals surface area contributed by atoms with Crippen LogP contribution >= 0.6 is 0 Å². The number of alkyl halides is 1. The maximum absolute atomic E-state index is 13.4.